The van der Waals surface area contributed by atoms with Crippen molar-refractivity contribution in [2.75, 3.05) is 24.2 Å². The first-order valence-electron chi connectivity index (χ1n) is 4.84. The van der Waals surface area contributed by atoms with E-state index in [2.05, 4.69) is 15.0 Å². The molecule has 7 nitrogen and oxygen atoms in total. The van der Waals surface area contributed by atoms with Crippen molar-refractivity contribution >= 4 is 32.5 Å². The lowest BCUT2D eigenvalue weighted by Gasteiger charge is -2.04. The first kappa shape index (κ1) is 13.9. The quantitative estimate of drug-likeness (QED) is 0.657. The van der Waals surface area contributed by atoms with Crippen molar-refractivity contribution in [1.29, 1.82) is 0 Å². The molecule has 1 aromatic heterocycles. The SMILES string of the molecule is CCNS(=O)(=O)CCNc1nc(C(=O)O)cs1. The number of hydrogen-bond acceptors (Lipinski definition) is 6. The number of aromatic carboxylic acids is 1. The Labute approximate surface area is 103 Å². The number of rotatable bonds is 7. The molecule has 0 amide bonds. The Morgan fingerprint density at radius 3 is 2.82 bits per heavy atom. The number of sulfonamides is 1. The van der Waals surface area contributed by atoms with Crippen molar-refractivity contribution < 1.29 is 18.3 Å². The maximum absolute atomic E-state index is 11.3. The molecule has 1 aromatic rings. The van der Waals surface area contributed by atoms with Crippen LogP contribution in [0.25, 0.3) is 0 Å². The summed E-state index contributed by atoms with van der Waals surface area (Å²) < 4.78 is 24.9. The van der Waals surface area contributed by atoms with E-state index in [0.717, 1.165) is 11.3 Å². The van der Waals surface area contributed by atoms with Gasteiger partial charge in [-0.05, 0) is 0 Å². The third kappa shape index (κ3) is 4.67. The molecule has 0 fully saturated rings. The van der Waals surface area contributed by atoms with E-state index >= 15 is 0 Å². The Balaban J connectivity index is 2.43. The second-order valence-electron chi connectivity index (χ2n) is 3.09. The number of aromatic nitrogens is 1. The maximum atomic E-state index is 11.3. The lowest BCUT2D eigenvalue weighted by molar-refractivity contribution is 0.0691. The number of nitrogens with one attached hydrogen (secondary N) is 2. The van der Waals surface area contributed by atoms with Crippen LogP contribution in [0.4, 0.5) is 5.13 Å². The first-order valence-corrected chi connectivity index (χ1v) is 7.38. The van der Waals surface area contributed by atoms with E-state index in [-0.39, 0.29) is 18.0 Å². The third-order valence-corrected chi connectivity index (χ3v) is 4.00. The van der Waals surface area contributed by atoms with Crippen molar-refractivity contribution in [2.45, 2.75) is 6.92 Å². The summed E-state index contributed by atoms with van der Waals surface area (Å²) in [6.07, 6.45) is 0. The molecule has 3 N–H and O–H groups in total. The van der Waals surface area contributed by atoms with Crippen molar-refractivity contribution in [3.63, 3.8) is 0 Å². The predicted octanol–water partition coefficient (Wildman–Crippen LogP) is 0.192. The molecule has 0 atom stereocenters. The Morgan fingerprint density at radius 2 is 2.29 bits per heavy atom. The van der Waals surface area contributed by atoms with Crippen LogP contribution in [0, 0.1) is 0 Å². The van der Waals surface area contributed by atoms with E-state index in [4.69, 9.17) is 5.11 Å². The molecule has 1 rings (SSSR count). The van der Waals surface area contributed by atoms with Crippen LogP contribution in [0.1, 0.15) is 17.4 Å². The van der Waals surface area contributed by atoms with Crippen LogP contribution in [0.2, 0.25) is 0 Å². The van der Waals surface area contributed by atoms with Crippen molar-refractivity contribution in [2.24, 2.45) is 0 Å². The van der Waals surface area contributed by atoms with Crippen molar-refractivity contribution in [3.8, 4) is 0 Å². The van der Waals surface area contributed by atoms with E-state index < -0.39 is 16.0 Å². The average Bonchev–Trinajstić information content (AvgIpc) is 2.66. The summed E-state index contributed by atoms with van der Waals surface area (Å²) in [6.45, 7) is 2.23. The number of nitrogens with zero attached hydrogens (tertiary/aromatic N) is 1. The van der Waals surface area contributed by atoms with E-state index in [9.17, 15) is 13.2 Å². The molecule has 0 saturated carbocycles. The van der Waals surface area contributed by atoms with Crippen LogP contribution in [0.15, 0.2) is 5.38 Å². The first-order chi connectivity index (χ1) is 7.94. The highest BCUT2D eigenvalue weighted by Gasteiger charge is 2.10. The monoisotopic (exact) mass is 279 g/mol. The lowest BCUT2D eigenvalue weighted by atomic mass is 10.5. The minimum Gasteiger partial charge on any atom is -0.476 e. The number of carboxylic acid groups (broad SMARTS) is 1. The Bertz CT molecular complexity index is 483. The lowest BCUT2D eigenvalue weighted by Crippen LogP contribution is -2.29. The van der Waals surface area contributed by atoms with Gasteiger partial charge in [0.1, 0.15) is 0 Å². The van der Waals surface area contributed by atoms with Gasteiger partial charge < -0.3 is 10.4 Å². The fraction of sp³-hybridized carbons (Fsp3) is 0.500. The van der Waals surface area contributed by atoms with Crippen LogP contribution in [0.5, 0.6) is 0 Å². The standard InChI is InChI=1S/C8H13N3O4S2/c1-2-10-17(14,15)4-3-9-8-11-6(5-16-8)7(12)13/h5,10H,2-4H2,1H3,(H,9,11)(H,12,13). The molecule has 0 spiro atoms. The number of anilines is 1. The molecule has 9 heteroatoms. The van der Waals surface area contributed by atoms with E-state index in [1.807, 2.05) is 0 Å². The summed E-state index contributed by atoms with van der Waals surface area (Å²) in [6, 6.07) is 0. The number of carboxylic acids is 1. The second-order valence-corrected chi connectivity index (χ2v) is 5.87. The molecule has 1 heterocycles. The normalized spacial score (nSPS) is 11.4. The van der Waals surface area contributed by atoms with Crippen molar-refractivity contribution in [1.82, 2.24) is 9.71 Å². The van der Waals surface area contributed by atoms with Gasteiger partial charge in [0.15, 0.2) is 10.8 Å². The van der Waals surface area contributed by atoms with Crippen molar-refractivity contribution in [3.05, 3.63) is 11.1 Å². The molecule has 0 aromatic carbocycles. The summed E-state index contributed by atoms with van der Waals surface area (Å²) in [7, 11) is -3.26. The highest BCUT2D eigenvalue weighted by molar-refractivity contribution is 7.89. The molecule has 0 aliphatic heterocycles. The van der Waals surface area contributed by atoms with Crippen LogP contribution in [-0.4, -0.2) is 43.3 Å². The molecule has 96 valence electrons. The second kappa shape index (κ2) is 5.94. The maximum Gasteiger partial charge on any atom is 0.355 e. The van der Waals surface area contributed by atoms with Gasteiger partial charge in [0.2, 0.25) is 10.0 Å². The molecule has 0 aliphatic carbocycles. The Morgan fingerprint density at radius 1 is 1.59 bits per heavy atom. The molecule has 0 radical (unpaired) electrons. The molecule has 0 aliphatic rings. The zero-order valence-corrected chi connectivity index (χ0v) is 10.8. The van der Waals surface area contributed by atoms with Gasteiger partial charge in [-0.15, -0.1) is 11.3 Å². The van der Waals surface area contributed by atoms with Gasteiger partial charge in [0, 0.05) is 18.5 Å². The van der Waals surface area contributed by atoms with Crippen LogP contribution in [-0.2, 0) is 10.0 Å². The highest BCUT2D eigenvalue weighted by Crippen LogP contribution is 2.14. The van der Waals surface area contributed by atoms with E-state index in [1.54, 1.807) is 6.92 Å². The molecule has 0 saturated heterocycles. The van der Waals surface area contributed by atoms with Gasteiger partial charge >= 0.3 is 5.97 Å². The fourth-order valence-electron chi connectivity index (χ4n) is 1.04. The molecule has 0 bridgehead atoms. The number of hydrogen-bond donors (Lipinski definition) is 3. The topological polar surface area (TPSA) is 108 Å². The Hall–Kier alpha value is -1.19. The zero-order chi connectivity index (χ0) is 12.9. The van der Waals surface area contributed by atoms with Crippen LogP contribution >= 0.6 is 11.3 Å². The fourth-order valence-corrected chi connectivity index (χ4v) is 2.71. The van der Waals surface area contributed by atoms with Gasteiger partial charge in [-0.2, -0.15) is 0 Å². The summed E-state index contributed by atoms with van der Waals surface area (Å²) >= 11 is 1.12. The van der Waals surface area contributed by atoms with Crippen LogP contribution < -0.4 is 10.0 Å². The minimum atomic E-state index is -3.26. The van der Waals surface area contributed by atoms with Gasteiger partial charge in [0.25, 0.3) is 0 Å². The zero-order valence-electron chi connectivity index (χ0n) is 9.13. The van der Waals surface area contributed by atoms with E-state index in [0.29, 0.717) is 11.7 Å². The smallest absolute Gasteiger partial charge is 0.355 e. The molecular weight excluding hydrogens is 266 g/mol. The third-order valence-electron chi connectivity index (χ3n) is 1.73. The van der Waals surface area contributed by atoms with Crippen LogP contribution in [0.3, 0.4) is 0 Å². The summed E-state index contributed by atoms with van der Waals surface area (Å²) in [4.78, 5) is 14.3. The van der Waals surface area contributed by atoms with Gasteiger partial charge in [-0.25, -0.2) is 22.9 Å². The largest absolute Gasteiger partial charge is 0.476 e. The minimum absolute atomic E-state index is 0.0490. The van der Waals surface area contributed by atoms with E-state index in [1.165, 1.54) is 5.38 Å². The number of thiazole rings is 1. The number of carbonyl (C=O) groups is 1. The average molecular weight is 279 g/mol. The summed E-state index contributed by atoms with van der Waals surface area (Å²) in [5.74, 6) is -1.18. The summed E-state index contributed by atoms with van der Waals surface area (Å²) in [5, 5.41) is 13.2. The van der Waals surface area contributed by atoms with Gasteiger partial charge in [-0.1, -0.05) is 6.92 Å². The Kier molecular flexibility index (Phi) is 4.85. The molecule has 0 unspecified atom stereocenters. The van der Waals surface area contributed by atoms with Gasteiger partial charge in [-0.3, -0.25) is 0 Å². The highest BCUT2D eigenvalue weighted by atomic mass is 32.2. The predicted molar refractivity (Wildman–Crippen MR) is 65.0 cm³/mol. The molecular formula is C8H13N3O4S2. The summed E-state index contributed by atoms with van der Waals surface area (Å²) in [5.41, 5.74) is -0.0490. The van der Waals surface area contributed by atoms with Gasteiger partial charge in [0.05, 0.1) is 5.75 Å². The molecule has 17 heavy (non-hydrogen) atoms.